The van der Waals surface area contributed by atoms with Gasteiger partial charge in [0.1, 0.15) is 0 Å². The molecule has 3 aromatic rings. The van der Waals surface area contributed by atoms with Gasteiger partial charge in [0.05, 0.1) is 29.6 Å². The molecule has 4 rings (SSSR count). The van der Waals surface area contributed by atoms with Gasteiger partial charge in [-0.25, -0.2) is 9.67 Å². The van der Waals surface area contributed by atoms with Gasteiger partial charge in [-0.15, -0.1) is 0 Å². The van der Waals surface area contributed by atoms with Crippen molar-refractivity contribution in [1.29, 1.82) is 0 Å². The maximum absolute atomic E-state index is 12.8. The lowest BCUT2D eigenvalue weighted by molar-refractivity contribution is -0.137. The molecule has 30 heavy (non-hydrogen) atoms. The van der Waals surface area contributed by atoms with Crippen molar-refractivity contribution in [2.75, 3.05) is 0 Å². The number of carbonyl (C=O) groups is 1. The van der Waals surface area contributed by atoms with Gasteiger partial charge in [-0.3, -0.25) is 4.79 Å². The van der Waals surface area contributed by atoms with E-state index in [0.29, 0.717) is 28.9 Å². The van der Waals surface area contributed by atoms with Crippen LogP contribution in [0.15, 0.2) is 29.0 Å². The van der Waals surface area contributed by atoms with E-state index in [0.717, 1.165) is 25.1 Å². The van der Waals surface area contributed by atoms with Crippen molar-refractivity contribution in [3.63, 3.8) is 0 Å². The second-order valence-electron chi connectivity index (χ2n) is 7.42. The molecular formula is C19H19F3N6O2. The largest absolute Gasteiger partial charge is 0.417 e. The number of halogens is 3. The molecule has 0 atom stereocenters. The normalized spacial score (nSPS) is 14.3. The van der Waals surface area contributed by atoms with E-state index in [1.165, 1.54) is 16.9 Å². The van der Waals surface area contributed by atoms with Gasteiger partial charge in [0, 0.05) is 12.1 Å². The first kappa shape index (κ1) is 20.0. The Morgan fingerprint density at radius 2 is 2.07 bits per heavy atom. The number of amides is 1. The fourth-order valence-corrected chi connectivity index (χ4v) is 3.05. The van der Waals surface area contributed by atoms with E-state index < -0.39 is 17.6 Å². The van der Waals surface area contributed by atoms with Crippen LogP contribution in [-0.2, 0) is 12.7 Å². The van der Waals surface area contributed by atoms with Crippen LogP contribution in [0.4, 0.5) is 13.2 Å². The van der Waals surface area contributed by atoms with E-state index in [1.807, 2.05) is 13.8 Å². The summed E-state index contributed by atoms with van der Waals surface area (Å²) in [6.07, 6.45) is -0.280. The molecule has 0 unspecified atom stereocenters. The van der Waals surface area contributed by atoms with Crippen LogP contribution in [0.3, 0.4) is 0 Å². The molecule has 158 valence electrons. The van der Waals surface area contributed by atoms with Gasteiger partial charge in [0.25, 0.3) is 5.91 Å². The molecule has 1 aliphatic carbocycles. The summed E-state index contributed by atoms with van der Waals surface area (Å²) in [5.74, 6) is 0.971. The van der Waals surface area contributed by atoms with Crippen molar-refractivity contribution < 1.29 is 22.5 Å². The summed E-state index contributed by atoms with van der Waals surface area (Å²) in [6.45, 7) is 3.78. The SMILES string of the molecule is CC(C)c1c(C(=O)NCc2nc(C3CC3)no2)cnn1-c1ccc(C(F)(F)F)cn1. The van der Waals surface area contributed by atoms with Crippen molar-refractivity contribution in [2.24, 2.45) is 0 Å². The second kappa shape index (κ2) is 7.54. The van der Waals surface area contributed by atoms with E-state index in [4.69, 9.17) is 4.52 Å². The van der Waals surface area contributed by atoms with Gasteiger partial charge in [-0.05, 0) is 30.9 Å². The van der Waals surface area contributed by atoms with Crippen LogP contribution in [0, 0.1) is 0 Å². The number of hydrogen-bond donors (Lipinski definition) is 1. The number of alkyl halides is 3. The van der Waals surface area contributed by atoms with E-state index in [1.54, 1.807) is 0 Å². The zero-order valence-corrected chi connectivity index (χ0v) is 16.3. The highest BCUT2D eigenvalue weighted by atomic mass is 19.4. The lowest BCUT2D eigenvalue weighted by Crippen LogP contribution is -2.24. The van der Waals surface area contributed by atoms with E-state index in [2.05, 4.69) is 25.5 Å². The molecule has 1 amide bonds. The highest BCUT2D eigenvalue weighted by Gasteiger charge is 2.31. The molecule has 0 aliphatic heterocycles. The van der Waals surface area contributed by atoms with Crippen LogP contribution < -0.4 is 5.32 Å². The van der Waals surface area contributed by atoms with Crippen molar-refractivity contribution in [1.82, 2.24) is 30.2 Å². The molecule has 0 spiro atoms. The van der Waals surface area contributed by atoms with Crippen molar-refractivity contribution in [3.05, 3.63) is 53.1 Å². The zero-order chi connectivity index (χ0) is 21.5. The molecule has 1 saturated carbocycles. The Hall–Kier alpha value is -3.24. The predicted molar refractivity (Wildman–Crippen MR) is 97.9 cm³/mol. The molecule has 1 aliphatic rings. The molecule has 0 radical (unpaired) electrons. The molecule has 3 heterocycles. The quantitative estimate of drug-likeness (QED) is 0.654. The van der Waals surface area contributed by atoms with Crippen LogP contribution in [0.5, 0.6) is 0 Å². The Balaban J connectivity index is 1.53. The van der Waals surface area contributed by atoms with Gasteiger partial charge < -0.3 is 9.84 Å². The summed E-state index contributed by atoms with van der Waals surface area (Å²) >= 11 is 0. The maximum Gasteiger partial charge on any atom is 0.417 e. The molecule has 11 heteroatoms. The van der Waals surface area contributed by atoms with Gasteiger partial charge in [0.2, 0.25) is 5.89 Å². The molecule has 0 bridgehead atoms. The number of aromatic nitrogens is 5. The number of pyridine rings is 1. The molecule has 0 aromatic carbocycles. The molecular weight excluding hydrogens is 401 g/mol. The average Bonchev–Trinajstić information content (AvgIpc) is 3.27. The van der Waals surface area contributed by atoms with Crippen LogP contribution in [0.1, 0.15) is 71.9 Å². The minimum absolute atomic E-state index is 0.0692. The maximum atomic E-state index is 12.8. The fourth-order valence-electron chi connectivity index (χ4n) is 3.05. The van der Waals surface area contributed by atoms with Crippen LogP contribution in [0.25, 0.3) is 5.82 Å². The first-order chi connectivity index (χ1) is 14.2. The minimum Gasteiger partial charge on any atom is -0.343 e. The standard InChI is InChI=1S/C19H19F3N6O2/c1-10(2)16-13(18(29)24-9-15-26-17(27-30-15)11-3-4-11)8-25-28(16)14-6-5-12(7-23-14)19(20,21)22/h5-8,10-11H,3-4,9H2,1-2H3,(H,24,29). The third kappa shape index (κ3) is 4.05. The molecule has 0 saturated heterocycles. The Kier molecular flexibility index (Phi) is 5.04. The third-order valence-electron chi connectivity index (χ3n) is 4.72. The lowest BCUT2D eigenvalue weighted by Gasteiger charge is -2.13. The van der Waals surface area contributed by atoms with Crippen LogP contribution in [0.2, 0.25) is 0 Å². The highest BCUT2D eigenvalue weighted by molar-refractivity contribution is 5.95. The minimum atomic E-state index is -4.48. The van der Waals surface area contributed by atoms with Crippen molar-refractivity contribution >= 4 is 5.91 Å². The van der Waals surface area contributed by atoms with Crippen molar-refractivity contribution in [3.8, 4) is 5.82 Å². The molecule has 3 aromatic heterocycles. The first-order valence-electron chi connectivity index (χ1n) is 9.46. The van der Waals surface area contributed by atoms with E-state index >= 15 is 0 Å². The zero-order valence-electron chi connectivity index (χ0n) is 16.3. The van der Waals surface area contributed by atoms with Crippen LogP contribution >= 0.6 is 0 Å². The lowest BCUT2D eigenvalue weighted by atomic mass is 10.1. The summed E-state index contributed by atoms with van der Waals surface area (Å²) in [4.78, 5) is 20.8. The van der Waals surface area contributed by atoms with E-state index in [9.17, 15) is 18.0 Å². The molecule has 1 N–H and O–H groups in total. The number of rotatable bonds is 6. The predicted octanol–water partition coefficient (Wildman–Crippen LogP) is 3.60. The summed E-state index contributed by atoms with van der Waals surface area (Å²) in [6, 6.07) is 2.15. The van der Waals surface area contributed by atoms with E-state index in [-0.39, 0.29) is 18.3 Å². The summed E-state index contributed by atoms with van der Waals surface area (Å²) in [7, 11) is 0. The fraction of sp³-hybridized carbons (Fsp3) is 0.421. The average molecular weight is 420 g/mol. The van der Waals surface area contributed by atoms with Gasteiger partial charge in [-0.2, -0.15) is 23.3 Å². The number of hydrogen-bond acceptors (Lipinski definition) is 6. The second-order valence-corrected chi connectivity index (χ2v) is 7.42. The monoisotopic (exact) mass is 420 g/mol. The summed E-state index contributed by atoms with van der Waals surface area (Å²) in [5.41, 5.74) is -0.0230. The highest BCUT2D eigenvalue weighted by Crippen LogP contribution is 2.38. The van der Waals surface area contributed by atoms with Gasteiger partial charge in [0.15, 0.2) is 11.6 Å². The molecule has 8 nitrogen and oxygen atoms in total. The Morgan fingerprint density at radius 3 is 2.67 bits per heavy atom. The number of nitrogens with zero attached hydrogens (tertiary/aromatic N) is 5. The van der Waals surface area contributed by atoms with Gasteiger partial charge in [-0.1, -0.05) is 19.0 Å². The number of carbonyl (C=O) groups excluding carboxylic acids is 1. The summed E-state index contributed by atoms with van der Waals surface area (Å²) < 4.78 is 44.9. The number of nitrogens with one attached hydrogen (secondary N) is 1. The van der Waals surface area contributed by atoms with Gasteiger partial charge >= 0.3 is 6.18 Å². The van der Waals surface area contributed by atoms with Crippen molar-refractivity contribution in [2.45, 2.75) is 51.2 Å². The Bertz CT molecular complexity index is 1050. The topological polar surface area (TPSA) is 98.7 Å². The first-order valence-corrected chi connectivity index (χ1v) is 9.46. The van der Waals surface area contributed by atoms with Crippen LogP contribution in [-0.4, -0.2) is 30.8 Å². The summed E-state index contributed by atoms with van der Waals surface area (Å²) in [5, 5.41) is 10.8. The smallest absolute Gasteiger partial charge is 0.343 e. The Labute approximate surface area is 169 Å². The molecule has 1 fully saturated rings. The Morgan fingerprint density at radius 1 is 1.30 bits per heavy atom. The third-order valence-corrected chi connectivity index (χ3v) is 4.72.